The van der Waals surface area contributed by atoms with Crippen LogP contribution in [0.15, 0.2) is 12.4 Å². The van der Waals surface area contributed by atoms with E-state index in [9.17, 15) is 18.0 Å². The van der Waals surface area contributed by atoms with Gasteiger partial charge in [0.15, 0.2) is 0 Å². The summed E-state index contributed by atoms with van der Waals surface area (Å²) < 4.78 is 37.3. The number of nitrogens with one attached hydrogen (secondary N) is 1. The highest BCUT2D eigenvalue weighted by Crippen LogP contribution is 2.27. The Morgan fingerprint density at radius 3 is 2.38 bits per heavy atom. The van der Waals surface area contributed by atoms with Gasteiger partial charge < -0.3 is 11.1 Å². The van der Waals surface area contributed by atoms with E-state index < -0.39 is 18.1 Å². The normalized spacial score (nSPS) is 11.9. The van der Waals surface area contributed by atoms with Crippen LogP contribution in [0.1, 0.15) is 26.7 Å². The Morgan fingerprint density at radius 2 is 1.95 bits per heavy atom. The Bertz CT molecular complexity index is 449. The lowest BCUT2D eigenvalue weighted by Crippen LogP contribution is -2.41. The van der Waals surface area contributed by atoms with Crippen molar-refractivity contribution in [2.45, 2.75) is 39.4 Å². The SMILES string of the molecule is CCC(CC)(CN)C(=O)Nc1cnn(CC(F)(F)F)c1.Cl. The number of carbonyl (C=O) groups is 1. The summed E-state index contributed by atoms with van der Waals surface area (Å²) in [5, 5.41) is 6.14. The molecule has 0 bridgehead atoms. The van der Waals surface area contributed by atoms with Crippen LogP contribution in [0.2, 0.25) is 0 Å². The second kappa shape index (κ2) is 7.65. The minimum atomic E-state index is -4.35. The highest BCUT2D eigenvalue weighted by Gasteiger charge is 2.34. The van der Waals surface area contributed by atoms with Crippen molar-refractivity contribution >= 4 is 24.0 Å². The first-order chi connectivity index (χ1) is 9.26. The molecule has 0 unspecified atom stereocenters. The number of amides is 1. The molecule has 1 rings (SSSR count). The van der Waals surface area contributed by atoms with E-state index in [-0.39, 0.29) is 30.5 Å². The molecule has 0 aromatic carbocycles. The third kappa shape index (κ3) is 5.20. The number of anilines is 1. The van der Waals surface area contributed by atoms with Crippen LogP contribution < -0.4 is 11.1 Å². The molecule has 0 atom stereocenters. The maximum atomic E-state index is 12.2. The number of halogens is 4. The smallest absolute Gasteiger partial charge is 0.329 e. The number of hydrogen-bond donors (Lipinski definition) is 2. The van der Waals surface area contributed by atoms with Gasteiger partial charge in [-0.05, 0) is 12.8 Å². The molecule has 0 radical (unpaired) electrons. The number of hydrogen-bond acceptors (Lipinski definition) is 3. The van der Waals surface area contributed by atoms with E-state index in [2.05, 4.69) is 10.4 Å². The molecule has 0 aliphatic carbocycles. The van der Waals surface area contributed by atoms with Crippen LogP contribution in [-0.4, -0.2) is 28.4 Å². The molecule has 0 saturated heterocycles. The van der Waals surface area contributed by atoms with E-state index >= 15 is 0 Å². The highest BCUT2D eigenvalue weighted by atomic mass is 35.5. The Balaban J connectivity index is 0.00000400. The highest BCUT2D eigenvalue weighted by molar-refractivity contribution is 5.95. The van der Waals surface area contributed by atoms with Crippen LogP contribution >= 0.6 is 12.4 Å². The molecular weight excluding hydrogens is 309 g/mol. The summed E-state index contributed by atoms with van der Waals surface area (Å²) in [7, 11) is 0. The minimum Gasteiger partial charge on any atom is -0.329 e. The predicted octanol–water partition coefficient (Wildman–Crippen LogP) is 2.57. The summed E-state index contributed by atoms with van der Waals surface area (Å²) in [4.78, 5) is 12.2. The van der Waals surface area contributed by atoms with Gasteiger partial charge in [-0.1, -0.05) is 13.8 Å². The number of aromatic nitrogens is 2. The number of carbonyl (C=O) groups excluding carboxylic acids is 1. The first-order valence-electron chi connectivity index (χ1n) is 6.37. The Labute approximate surface area is 127 Å². The molecule has 21 heavy (non-hydrogen) atoms. The summed E-state index contributed by atoms with van der Waals surface area (Å²) in [5.74, 6) is -0.295. The molecule has 9 heteroatoms. The minimum absolute atomic E-state index is 0. The van der Waals surface area contributed by atoms with Crippen LogP contribution in [0.4, 0.5) is 18.9 Å². The van der Waals surface area contributed by atoms with E-state index in [0.717, 1.165) is 10.9 Å². The molecule has 0 aliphatic rings. The molecular formula is C12H20ClF3N4O. The van der Waals surface area contributed by atoms with Gasteiger partial charge >= 0.3 is 6.18 Å². The quantitative estimate of drug-likeness (QED) is 0.843. The third-order valence-corrected chi connectivity index (χ3v) is 3.46. The van der Waals surface area contributed by atoms with E-state index in [1.165, 1.54) is 6.20 Å². The molecule has 122 valence electrons. The summed E-state index contributed by atoms with van der Waals surface area (Å²) in [6, 6.07) is 0. The molecule has 0 aliphatic heterocycles. The molecule has 1 amide bonds. The van der Waals surface area contributed by atoms with Crippen LogP contribution in [0.3, 0.4) is 0 Å². The zero-order valence-electron chi connectivity index (χ0n) is 11.9. The van der Waals surface area contributed by atoms with Crippen LogP contribution in [0.5, 0.6) is 0 Å². The van der Waals surface area contributed by atoms with E-state index in [1.807, 2.05) is 13.8 Å². The Kier molecular flexibility index (Phi) is 7.18. The Hall–Kier alpha value is -1.28. The average molecular weight is 329 g/mol. The lowest BCUT2D eigenvalue weighted by atomic mass is 9.81. The van der Waals surface area contributed by atoms with Gasteiger partial charge in [-0.2, -0.15) is 18.3 Å². The van der Waals surface area contributed by atoms with Gasteiger partial charge in [0.25, 0.3) is 0 Å². The molecule has 0 fully saturated rings. The zero-order valence-corrected chi connectivity index (χ0v) is 12.7. The maximum absolute atomic E-state index is 12.2. The number of nitrogens with two attached hydrogens (primary N) is 1. The lowest BCUT2D eigenvalue weighted by molar-refractivity contribution is -0.142. The van der Waals surface area contributed by atoms with Crippen LogP contribution in [0, 0.1) is 5.41 Å². The molecule has 0 spiro atoms. The zero-order chi connectivity index (χ0) is 15.4. The van der Waals surface area contributed by atoms with E-state index in [4.69, 9.17) is 5.73 Å². The molecule has 3 N–H and O–H groups in total. The number of rotatable bonds is 6. The molecule has 1 heterocycles. The standard InChI is InChI=1S/C12H19F3N4O.ClH/c1-3-11(4-2,7-16)10(20)18-9-5-17-19(6-9)8-12(13,14)15;/h5-6H,3-4,7-8,16H2,1-2H3,(H,18,20);1H. The summed E-state index contributed by atoms with van der Waals surface area (Å²) in [6.07, 6.45) is -0.888. The fourth-order valence-electron chi connectivity index (χ4n) is 1.91. The van der Waals surface area contributed by atoms with Gasteiger partial charge in [-0.25, -0.2) is 0 Å². The fraction of sp³-hybridized carbons (Fsp3) is 0.667. The van der Waals surface area contributed by atoms with Crippen molar-refractivity contribution in [1.29, 1.82) is 0 Å². The van der Waals surface area contributed by atoms with E-state index in [1.54, 1.807) is 0 Å². The van der Waals surface area contributed by atoms with Gasteiger partial charge in [0, 0.05) is 12.7 Å². The van der Waals surface area contributed by atoms with Gasteiger partial charge in [0.2, 0.25) is 5.91 Å². The molecule has 1 aromatic rings. The van der Waals surface area contributed by atoms with Crippen molar-refractivity contribution in [3.63, 3.8) is 0 Å². The van der Waals surface area contributed by atoms with Crippen molar-refractivity contribution in [2.75, 3.05) is 11.9 Å². The van der Waals surface area contributed by atoms with Crippen molar-refractivity contribution < 1.29 is 18.0 Å². The van der Waals surface area contributed by atoms with Crippen molar-refractivity contribution in [2.24, 2.45) is 11.1 Å². The monoisotopic (exact) mass is 328 g/mol. The molecule has 5 nitrogen and oxygen atoms in total. The summed E-state index contributed by atoms with van der Waals surface area (Å²) in [5.41, 5.74) is 5.17. The average Bonchev–Trinajstić information content (AvgIpc) is 2.77. The van der Waals surface area contributed by atoms with Crippen molar-refractivity contribution in [3.8, 4) is 0 Å². The van der Waals surface area contributed by atoms with Gasteiger partial charge in [-0.15, -0.1) is 12.4 Å². The lowest BCUT2D eigenvalue weighted by Gasteiger charge is -2.28. The second-order valence-corrected chi connectivity index (χ2v) is 4.69. The first-order valence-corrected chi connectivity index (χ1v) is 6.37. The van der Waals surface area contributed by atoms with Crippen LogP contribution in [-0.2, 0) is 11.3 Å². The van der Waals surface area contributed by atoms with E-state index in [0.29, 0.717) is 12.8 Å². The summed E-state index contributed by atoms with van der Waals surface area (Å²) in [6.45, 7) is 2.70. The maximum Gasteiger partial charge on any atom is 0.408 e. The van der Waals surface area contributed by atoms with Gasteiger partial charge in [-0.3, -0.25) is 9.48 Å². The van der Waals surface area contributed by atoms with Gasteiger partial charge in [0.1, 0.15) is 6.54 Å². The summed E-state index contributed by atoms with van der Waals surface area (Å²) >= 11 is 0. The molecule has 1 aromatic heterocycles. The Morgan fingerprint density at radius 1 is 1.38 bits per heavy atom. The van der Waals surface area contributed by atoms with Crippen molar-refractivity contribution in [3.05, 3.63) is 12.4 Å². The van der Waals surface area contributed by atoms with Crippen molar-refractivity contribution in [1.82, 2.24) is 9.78 Å². The van der Waals surface area contributed by atoms with Gasteiger partial charge in [0.05, 0.1) is 17.3 Å². The topological polar surface area (TPSA) is 72.9 Å². The first kappa shape index (κ1) is 19.7. The second-order valence-electron chi connectivity index (χ2n) is 4.69. The third-order valence-electron chi connectivity index (χ3n) is 3.46. The largest absolute Gasteiger partial charge is 0.408 e. The number of nitrogens with zero attached hydrogens (tertiary/aromatic N) is 2. The molecule has 0 saturated carbocycles. The fourth-order valence-corrected chi connectivity index (χ4v) is 1.91. The predicted molar refractivity (Wildman–Crippen MR) is 76.2 cm³/mol. The van der Waals surface area contributed by atoms with Crippen LogP contribution in [0.25, 0.3) is 0 Å². The number of alkyl halides is 3.